The van der Waals surface area contributed by atoms with Gasteiger partial charge in [0.25, 0.3) is 0 Å². The molecule has 2 aromatic rings. The number of fused-ring (bicyclic) bond motifs is 1. The van der Waals surface area contributed by atoms with Crippen molar-refractivity contribution >= 4 is 22.9 Å². The van der Waals surface area contributed by atoms with E-state index < -0.39 is 0 Å². The second-order valence-electron chi connectivity index (χ2n) is 7.63. The number of carbonyl (C=O) groups is 1. The van der Waals surface area contributed by atoms with E-state index in [4.69, 9.17) is 0 Å². The molecule has 7 nitrogen and oxygen atoms in total. The van der Waals surface area contributed by atoms with E-state index in [1.54, 1.807) is 12.7 Å². The second-order valence-corrected chi connectivity index (χ2v) is 7.63. The molecule has 26 heavy (non-hydrogen) atoms. The average molecular weight is 356 g/mol. The van der Waals surface area contributed by atoms with Gasteiger partial charge in [0.05, 0.1) is 12.2 Å². The second kappa shape index (κ2) is 8.01. The summed E-state index contributed by atoms with van der Waals surface area (Å²) in [6, 6.07) is 0.358. The molecular weight excluding hydrogens is 328 g/mol. The number of anilines is 1. The number of aromatic amines is 1. The van der Waals surface area contributed by atoms with Gasteiger partial charge in [-0.15, -0.1) is 0 Å². The summed E-state index contributed by atoms with van der Waals surface area (Å²) in [5.74, 6) is 1.10. The maximum Gasteiger partial charge on any atom is 0.225 e. The van der Waals surface area contributed by atoms with Crippen molar-refractivity contribution in [2.45, 2.75) is 63.8 Å². The van der Waals surface area contributed by atoms with Crippen molar-refractivity contribution in [3.05, 3.63) is 12.7 Å². The zero-order chi connectivity index (χ0) is 17.8. The van der Waals surface area contributed by atoms with Crippen LogP contribution in [0, 0.1) is 5.92 Å². The number of aromatic nitrogens is 4. The Morgan fingerprint density at radius 2 is 1.85 bits per heavy atom. The van der Waals surface area contributed by atoms with Gasteiger partial charge in [0.1, 0.15) is 11.8 Å². The average Bonchev–Trinajstić information content (AvgIpc) is 3.12. The van der Waals surface area contributed by atoms with E-state index in [9.17, 15) is 4.79 Å². The number of hydrogen-bond acceptors (Lipinski definition) is 5. The number of nitrogens with one attached hydrogen (secondary N) is 2. The predicted molar refractivity (Wildman–Crippen MR) is 101 cm³/mol. The number of piperidine rings is 1. The van der Waals surface area contributed by atoms with E-state index in [-0.39, 0.29) is 11.8 Å². The first-order chi connectivity index (χ1) is 12.8. The van der Waals surface area contributed by atoms with Crippen LogP contribution in [0.1, 0.15) is 57.8 Å². The molecule has 0 radical (unpaired) electrons. The molecule has 1 saturated carbocycles. The van der Waals surface area contributed by atoms with Gasteiger partial charge < -0.3 is 15.2 Å². The van der Waals surface area contributed by atoms with Gasteiger partial charge in [-0.1, -0.05) is 32.1 Å². The van der Waals surface area contributed by atoms with Crippen molar-refractivity contribution < 1.29 is 4.79 Å². The van der Waals surface area contributed by atoms with Crippen molar-refractivity contribution in [2.24, 2.45) is 5.92 Å². The first-order valence-electron chi connectivity index (χ1n) is 10.0. The summed E-state index contributed by atoms with van der Waals surface area (Å²) in [5.41, 5.74) is 1.53. The molecule has 1 saturated heterocycles. The summed E-state index contributed by atoms with van der Waals surface area (Å²) >= 11 is 0. The zero-order valence-corrected chi connectivity index (χ0v) is 15.3. The number of H-pyrrole nitrogens is 1. The SMILES string of the molecule is O=C(NC1CCCCCCC1)[C@@H]1CCCN(c2ncnc3nc[nH]c23)C1. The molecule has 140 valence electrons. The monoisotopic (exact) mass is 356 g/mol. The van der Waals surface area contributed by atoms with Crippen LogP contribution in [0.4, 0.5) is 5.82 Å². The highest BCUT2D eigenvalue weighted by molar-refractivity contribution is 5.84. The quantitative estimate of drug-likeness (QED) is 0.883. The van der Waals surface area contributed by atoms with Gasteiger partial charge >= 0.3 is 0 Å². The predicted octanol–water partition coefficient (Wildman–Crippen LogP) is 2.80. The lowest BCUT2D eigenvalue weighted by molar-refractivity contribution is -0.126. The van der Waals surface area contributed by atoms with Crippen molar-refractivity contribution in [2.75, 3.05) is 18.0 Å². The lowest BCUT2D eigenvalue weighted by Crippen LogP contribution is -2.46. The third-order valence-corrected chi connectivity index (χ3v) is 5.75. The topological polar surface area (TPSA) is 86.8 Å². The Morgan fingerprint density at radius 1 is 1.04 bits per heavy atom. The Kier molecular flexibility index (Phi) is 5.32. The van der Waals surface area contributed by atoms with Crippen LogP contribution >= 0.6 is 0 Å². The van der Waals surface area contributed by atoms with Crippen molar-refractivity contribution in [3.8, 4) is 0 Å². The molecule has 1 aliphatic carbocycles. The molecule has 3 heterocycles. The van der Waals surface area contributed by atoms with Gasteiger partial charge in [0, 0.05) is 19.1 Å². The van der Waals surface area contributed by atoms with Crippen LogP contribution in [-0.4, -0.2) is 45.0 Å². The highest BCUT2D eigenvalue weighted by Crippen LogP contribution is 2.26. The molecule has 7 heteroatoms. The number of imidazole rings is 1. The van der Waals surface area contributed by atoms with Crippen LogP contribution in [-0.2, 0) is 4.79 Å². The fourth-order valence-electron chi connectivity index (χ4n) is 4.30. The smallest absolute Gasteiger partial charge is 0.225 e. The number of nitrogens with zero attached hydrogens (tertiary/aromatic N) is 4. The molecule has 0 unspecified atom stereocenters. The Bertz CT molecular complexity index is 736. The van der Waals surface area contributed by atoms with Crippen molar-refractivity contribution in [1.29, 1.82) is 0 Å². The third kappa shape index (κ3) is 3.81. The van der Waals surface area contributed by atoms with Crippen LogP contribution in [0.2, 0.25) is 0 Å². The lowest BCUT2D eigenvalue weighted by Gasteiger charge is -2.34. The summed E-state index contributed by atoms with van der Waals surface area (Å²) < 4.78 is 0. The van der Waals surface area contributed by atoms with Gasteiger partial charge in [-0.3, -0.25) is 4.79 Å². The summed E-state index contributed by atoms with van der Waals surface area (Å²) in [5, 5.41) is 3.34. The molecule has 1 amide bonds. The Balaban J connectivity index is 1.41. The molecule has 2 aliphatic rings. The summed E-state index contributed by atoms with van der Waals surface area (Å²) in [7, 11) is 0. The molecule has 2 N–H and O–H groups in total. The Hall–Kier alpha value is -2.18. The third-order valence-electron chi connectivity index (χ3n) is 5.75. The van der Waals surface area contributed by atoms with Crippen LogP contribution in [0.3, 0.4) is 0 Å². The summed E-state index contributed by atoms with van der Waals surface area (Å²) in [6.07, 6.45) is 13.8. The maximum absolute atomic E-state index is 12.9. The molecule has 2 aromatic heterocycles. The van der Waals surface area contributed by atoms with Crippen LogP contribution in [0.15, 0.2) is 12.7 Å². The van der Waals surface area contributed by atoms with Crippen LogP contribution in [0.25, 0.3) is 11.2 Å². The molecule has 4 rings (SSSR count). The number of rotatable bonds is 3. The van der Waals surface area contributed by atoms with E-state index in [0.29, 0.717) is 18.2 Å². The molecule has 1 atom stereocenters. The zero-order valence-electron chi connectivity index (χ0n) is 15.3. The first kappa shape index (κ1) is 17.2. The van der Waals surface area contributed by atoms with E-state index in [1.807, 2.05) is 0 Å². The van der Waals surface area contributed by atoms with Gasteiger partial charge in [-0.25, -0.2) is 15.0 Å². The molecule has 0 aromatic carbocycles. The van der Waals surface area contributed by atoms with E-state index in [0.717, 1.165) is 43.6 Å². The fourth-order valence-corrected chi connectivity index (χ4v) is 4.30. The molecule has 0 spiro atoms. The van der Waals surface area contributed by atoms with Crippen molar-refractivity contribution in [3.63, 3.8) is 0 Å². The number of amides is 1. The number of hydrogen-bond donors (Lipinski definition) is 2. The summed E-state index contributed by atoms with van der Waals surface area (Å²) in [4.78, 5) is 31.0. The van der Waals surface area contributed by atoms with Crippen LogP contribution in [0.5, 0.6) is 0 Å². The lowest BCUT2D eigenvalue weighted by atomic mass is 9.94. The van der Waals surface area contributed by atoms with E-state index in [2.05, 4.69) is 30.2 Å². The summed E-state index contributed by atoms with van der Waals surface area (Å²) in [6.45, 7) is 1.63. The number of carbonyl (C=O) groups excluding carboxylic acids is 1. The molecule has 0 bridgehead atoms. The Labute approximate surface area is 154 Å². The van der Waals surface area contributed by atoms with Gasteiger partial charge in [0.2, 0.25) is 5.91 Å². The maximum atomic E-state index is 12.9. The van der Waals surface area contributed by atoms with Crippen LogP contribution < -0.4 is 10.2 Å². The fraction of sp³-hybridized carbons (Fsp3) is 0.684. The van der Waals surface area contributed by atoms with E-state index >= 15 is 0 Å². The van der Waals surface area contributed by atoms with Crippen molar-refractivity contribution in [1.82, 2.24) is 25.3 Å². The van der Waals surface area contributed by atoms with Gasteiger partial charge in [0.15, 0.2) is 11.5 Å². The highest BCUT2D eigenvalue weighted by Gasteiger charge is 2.29. The largest absolute Gasteiger partial charge is 0.354 e. The van der Waals surface area contributed by atoms with E-state index in [1.165, 1.54) is 32.1 Å². The van der Waals surface area contributed by atoms with Gasteiger partial charge in [-0.2, -0.15) is 0 Å². The Morgan fingerprint density at radius 3 is 2.69 bits per heavy atom. The molecule has 1 aliphatic heterocycles. The minimum absolute atomic E-state index is 0.0297. The standard InChI is InChI=1S/C19H28N6O/c26-19(24-15-8-4-2-1-3-5-9-15)14-7-6-10-25(11-14)18-16-17(21-12-20-16)22-13-23-18/h12-15H,1-11H2,(H,24,26)(H,20,21,22,23)/t14-/m1/s1. The molecular formula is C19H28N6O. The highest BCUT2D eigenvalue weighted by atomic mass is 16.2. The van der Waals surface area contributed by atoms with Gasteiger partial charge in [-0.05, 0) is 25.7 Å². The minimum Gasteiger partial charge on any atom is -0.354 e. The minimum atomic E-state index is 0.0297. The normalized spacial score (nSPS) is 22.8. The molecule has 2 fully saturated rings. The first-order valence-corrected chi connectivity index (χ1v) is 10.0.